The predicted octanol–water partition coefficient (Wildman–Crippen LogP) is 2.79. The predicted molar refractivity (Wildman–Crippen MR) is 61.6 cm³/mol. The first-order chi connectivity index (χ1) is 6.33. The normalized spacial score (nSPS) is 13.1. The number of hydrogen-bond acceptors (Lipinski definition) is 3. The molecule has 0 aromatic carbocycles. The Morgan fingerprint density at radius 3 is 3.08 bits per heavy atom. The summed E-state index contributed by atoms with van der Waals surface area (Å²) in [4.78, 5) is 1.29. The molecule has 0 bridgehead atoms. The molecule has 0 aliphatic heterocycles. The Morgan fingerprint density at radius 1 is 1.62 bits per heavy atom. The Morgan fingerprint density at radius 2 is 2.46 bits per heavy atom. The molecular formula is C10H16OS2. The highest BCUT2D eigenvalue weighted by atomic mass is 32.2. The van der Waals surface area contributed by atoms with Crippen LogP contribution in [0.5, 0.6) is 0 Å². The van der Waals surface area contributed by atoms with Crippen LogP contribution in [0.25, 0.3) is 0 Å². The summed E-state index contributed by atoms with van der Waals surface area (Å²) in [6.07, 6.45) is 1.58. The van der Waals surface area contributed by atoms with Crippen molar-refractivity contribution in [3.05, 3.63) is 22.4 Å². The van der Waals surface area contributed by atoms with Gasteiger partial charge < -0.3 is 5.11 Å². The van der Waals surface area contributed by atoms with Gasteiger partial charge in [0.2, 0.25) is 0 Å². The molecule has 1 unspecified atom stereocenters. The summed E-state index contributed by atoms with van der Waals surface area (Å²) < 4.78 is 0. The number of thiophene rings is 1. The van der Waals surface area contributed by atoms with Gasteiger partial charge in [0.1, 0.15) is 0 Å². The third kappa shape index (κ3) is 4.69. The van der Waals surface area contributed by atoms with Crippen LogP contribution < -0.4 is 0 Å². The molecule has 1 aromatic rings. The van der Waals surface area contributed by atoms with Crippen molar-refractivity contribution in [3.8, 4) is 0 Å². The minimum Gasteiger partial charge on any atom is -0.393 e. The fraction of sp³-hybridized carbons (Fsp3) is 0.600. The molecule has 0 fully saturated rings. The van der Waals surface area contributed by atoms with Gasteiger partial charge in [-0.3, -0.25) is 0 Å². The standard InChI is InChI=1S/C10H16OS2/c1-2-12-7-5-9(11)8-10-4-3-6-13-10/h3-4,6,9,11H,2,5,7-8H2,1H3. The van der Waals surface area contributed by atoms with Crippen molar-refractivity contribution < 1.29 is 5.11 Å². The van der Waals surface area contributed by atoms with E-state index in [1.807, 2.05) is 17.8 Å². The number of aliphatic hydroxyl groups excluding tert-OH is 1. The second kappa shape index (κ2) is 6.46. The fourth-order valence-electron chi connectivity index (χ4n) is 1.13. The van der Waals surface area contributed by atoms with Gasteiger partial charge in [0.15, 0.2) is 0 Å². The molecule has 74 valence electrons. The molecule has 1 atom stereocenters. The van der Waals surface area contributed by atoms with E-state index in [-0.39, 0.29) is 6.10 Å². The second-order valence-electron chi connectivity index (χ2n) is 2.92. The van der Waals surface area contributed by atoms with Crippen molar-refractivity contribution in [2.24, 2.45) is 0 Å². The monoisotopic (exact) mass is 216 g/mol. The Labute approximate surface area is 88.2 Å². The van der Waals surface area contributed by atoms with Gasteiger partial charge in [-0.05, 0) is 29.4 Å². The van der Waals surface area contributed by atoms with Crippen molar-refractivity contribution in [2.45, 2.75) is 25.9 Å². The maximum Gasteiger partial charge on any atom is 0.0596 e. The summed E-state index contributed by atoms with van der Waals surface area (Å²) in [5.41, 5.74) is 0. The molecule has 0 spiro atoms. The molecular weight excluding hydrogens is 200 g/mol. The smallest absolute Gasteiger partial charge is 0.0596 e. The molecule has 1 rings (SSSR count). The second-order valence-corrected chi connectivity index (χ2v) is 5.35. The van der Waals surface area contributed by atoms with Crippen LogP contribution in [0.15, 0.2) is 17.5 Å². The van der Waals surface area contributed by atoms with Crippen molar-refractivity contribution in [1.82, 2.24) is 0 Å². The minimum atomic E-state index is -0.155. The summed E-state index contributed by atoms with van der Waals surface area (Å²) >= 11 is 3.62. The Bertz CT molecular complexity index is 209. The highest BCUT2D eigenvalue weighted by Gasteiger charge is 2.05. The van der Waals surface area contributed by atoms with Crippen molar-refractivity contribution >= 4 is 23.1 Å². The van der Waals surface area contributed by atoms with Gasteiger partial charge >= 0.3 is 0 Å². The minimum absolute atomic E-state index is 0.155. The first kappa shape index (κ1) is 11.1. The summed E-state index contributed by atoms with van der Waals surface area (Å²) in [6.45, 7) is 2.15. The highest BCUT2D eigenvalue weighted by Crippen LogP contribution is 2.13. The maximum absolute atomic E-state index is 9.64. The van der Waals surface area contributed by atoms with Gasteiger partial charge in [0, 0.05) is 11.3 Å². The van der Waals surface area contributed by atoms with E-state index in [4.69, 9.17) is 0 Å². The van der Waals surface area contributed by atoms with E-state index in [0.29, 0.717) is 0 Å². The van der Waals surface area contributed by atoms with Crippen LogP contribution in [-0.2, 0) is 6.42 Å². The average Bonchev–Trinajstić information content (AvgIpc) is 2.57. The van der Waals surface area contributed by atoms with E-state index in [1.165, 1.54) is 4.88 Å². The molecule has 0 saturated heterocycles. The lowest BCUT2D eigenvalue weighted by Crippen LogP contribution is -2.10. The lowest BCUT2D eigenvalue weighted by molar-refractivity contribution is 0.173. The molecule has 1 N–H and O–H groups in total. The number of rotatable bonds is 6. The van der Waals surface area contributed by atoms with Gasteiger partial charge in [-0.15, -0.1) is 11.3 Å². The van der Waals surface area contributed by atoms with E-state index >= 15 is 0 Å². The zero-order valence-corrected chi connectivity index (χ0v) is 9.53. The molecule has 1 aromatic heterocycles. The third-order valence-corrected chi connectivity index (χ3v) is 3.65. The molecule has 1 heterocycles. The van der Waals surface area contributed by atoms with Gasteiger partial charge in [0.05, 0.1) is 6.10 Å². The summed E-state index contributed by atoms with van der Waals surface area (Å²) in [6, 6.07) is 4.12. The van der Waals surface area contributed by atoms with Gasteiger partial charge in [0.25, 0.3) is 0 Å². The van der Waals surface area contributed by atoms with E-state index in [0.717, 1.165) is 24.3 Å². The van der Waals surface area contributed by atoms with Crippen molar-refractivity contribution in [2.75, 3.05) is 11.5 Å². The molecule has 13 heavy (non-hydrogen) atoms. The summed E-state index contributed by atoms with van der Waals surface area (Å²) in [5.74, 6) is 2.22. The summed E-state index contributed by atoms with van der Waals surface area (Å²) in [7, 11) is 0. The summed E-state index contributed by atoms with van der Waals surface area (Å²) in [5, 5.41) is 11.7. The van der Waals surface area contributed by atoms with Gasteiger partial charge in [-0.1, -0.05) is 13.0 Å². The molecule has 0 amide bonds. The quantitative estimate of drug-likeness (QED) is 0.738. The highest BCUT2D eigenvalue weighted by molar-refractivity contribution is 7.99. The molecule has 1 nitrogen and oxygen atoms in total. The average molecular weight is 216 g/mol. The lowest BCUT2D eigenvalue weighted by atomic mass is 10.2. The van der Waals surface area contributed by atoms with Crippen LogP contribution in [0.4, 0.5) is 0 Å². The van der Waals surface area contributed by atoms with Crippen LogP contribution in [0, 0.1) is 0 Å². The van der Waals surface area contributed by atoms with Crippen LogP contribution in [0.1, 0.15) is 18.2 Å². The largest absolute Gasteiger partial charge is 0.393 e. The topological polar surface area (TPSA) is 20.2 Å². The van der Waals surface area contributed by atoms with Crippen LogP contribution in [0.2, 0.25) is 0 Å². The van der Waals surface area contributed by atoms with Gasteiger partial charge in [-0.25, -0.2) is 0 Å². The van der Waals surface area contributed by atoms with E-state index in [9.17, 15) is 5.11 Å². The maximum atomic E-state index is 9.64. The first-order valence-electron chi connectivity index (χ1n) is 4.61. The van der Waals surface area contributed by atoms with Crippen LogP contribution >= 0.6 is 23.1 Å². The zero-order valence-electron chi connectivity index (χ0n) is 7.90. The SMILES string of the molecule is CCSCCC(O)Cc1cccs1. The number of aliphatic hydroxyl groups is 1. The molecule has 0 aliphatic carbocycles. The lowest BCUT2D eigenvalue weighted by Gasteiger charge is -2.07. The Hall–Kier alpha value is 0.01000. The molecule has 0 aliphatic rings. The fourth-order valence-corrected chi connectivity index (χ4v) is 2.63. The molecule has 0 radical (unpaired) electrons. The van der Waals surface area contributed by atoms with E-state index in [1.54, 1.807) is 11.3 Å². The van der Waals surface area contributed by atoms with Crippen molar-refractivity contribution in [1.29, 1.82) is 0 Å². The van der Waals surface area contributed by atoms with Crippen molar-refractivity contribution in [3.63, 3.8) is 0 Å². The number of thioether (sulfide) groups is 1. The zero-order chi connectivity index (χ0) is 9.52. The number of hydrogen-bond donors (Lipinski definition) is 1. The Balaban J connectivity index is 2.14. The van der Waals surface area contributed by atoms with Gasteiger partial charge in [-0.2, -0.15) is 11.8 Å². The third-order valence-electron chi connectivity index (χ3n) is 1.82. The van der Waals surface area contributed by atoms with E-state index in [2.05, 4.69) is 18.4 Å². The van der Waals surface area contributed by atoms with Crippen LogP contribution in [-0.4, -0.2) is 22.7 Å². The molecule has 0 saturated carbocycles. The first-order valence-corrected chi connectivity index (χ1v) is 6.64. The Kier molecular flexibility index (Phi) is 5.51. The van der Waals surface area contributed by atoms with E-state index < -0.39 is 0 Å². The van der Waals surface area contributed by atoms with Crippen LogP contribution in [0.3, 0.4) is 0 Å². The molecule has 3 heteroatoms.